The monoisotopic (exact) mass is 302 g/mol. The number of hydrogen-bond donors (Lipinski definition) is 2. The first-order valence-electron chi connectivity index (χ1n) is 8.56. The highest BCUT2D eigenvalue weighted by Gasteiger charge is 2.66. The number of carbonyl (C=O) groups excluding carboxylic acids is 1. The van der Waals surface area contributed by atoms with Crippen LogP contribution in [0.15, 0.2) is 23.3 Å². The molecule has 0 bridgehead atoms. The molecule has 0 aliphatic heterocycles. The van der Waals surface area contributed by atoms with Crippen LogP contribution in [0.4, 0.5) is 0 Å². The second kappa shape index (κ2) is 4.33. The first kappa shape index (κ1) is 14.6. The van der Waals surface area contributed by atoms with E-state index in [9.17, 15) is 15.0 Å². The molecule has 2 fully saturated rings. The fourth-order valence-electron chi connectivity index (χ4n) is 6.02. The van der Waals surface area contributed by atoms with Crippen LogP contribution in [0.1, 0.15) is 40.0 Å². The number of aliphatic hydroxyl groups is 2. The topological polar surface area (TPSA) is 57.5 Å². The fraction of sp³-hybridized carbons (Fsp3) is 0.737. The normalized spacial score (nSPS) is 48.6. The Morgan fingerprint density at radius 3 is 2.68 bits per heavy atom. The maximum absolute atomic E-state index is 12.5. The van der Waals surface area contributed by atoms with Crippen LogP contribution in [0.2, 0.25) is 0 Å². The molecule has 4 rings (SSSR count). The minimum absolute atomic E-state index is 0.0532. The van der Waals surface area contributed by atoms with Crippen LogP contribution in [-0.4, -0.2) is 28.2 Å². The number of carbonyl (C=O) groups is 1. The van der Waals surface area contributed by atoms with Gasteiger partial charge in [-0.15, -0.1) is 0 Å². The maximum atomic E-state index is 12.5. The van der Waals surface area contributed by atoms with Crippen LogP contribution < -0.4 is 0 Å². The van der Waals surface area contributed by atoms with Crippen molar-refractivity contribution in [3.63, 3.8) is 0 Å². The van der Waals surface area contributed by atoms with E-state index in [-0.39, 0.29) is 18.3 Å². The summed E-state index contributed by atoms with van der Waals surface area (Å²) in [5, 5.41) is 20.9. The average Bonchev–Trinajstić information content (AvgIpc) is 3.01. The molecule has 0 radical (unpaired) electrons. The summed E-state index contributed by atoms with van der Waals surface area (Å²) in [7, 11) is 0. The van der Waals surface area contributed by atoms with E-state index in [0.29, 0.717) is 35.2 Å². The van der Waals surface area contributed by atoms with E-state index in [1.165, 1.54) is 6.42 Å². The SMILES string of the molecule is CC1=CC2C3CC[C@@H]4[C@H]([C@@H]3C=C(CO)C[C@]2(O)C1=O)C4(C)C. The number of hydrogen-bond acceptors (Lipinski definition) is 3. The molecule has 6 atom stereocenters. The molecule has 2 N–H and O–H groups in total. The highest BCUT2D eigenvalue weighted by Crippen LogP contribution is 2.70. The summed E-state index contributed by atoms with van der Waals surface area (Å²) in [4.78, 5) is 12.5. The molecule has 120 valence electrons. The molecule has 4 aliphatic rings. The number of ketones is 1. The van der Waals surface area contributed by atoms with Gasteiger partial charge in [-0.05, 0) is 60.0 Å². The summed E-state index contributed by atoms with van der Waals surface area (Å²) in [6.45, 7) is 6.45. The van der Waals surface area contributed by atoms with Crippen molar-refractivity contribution in [2.75, 3.05) is 6.61 Å². The molecule has 0 spiro atoms. The molecular weight excluding hydrogens is 276 g/mol. The van der Waals surface area contributed by atoms with Gasteiger partial charge in [0.15, 0.2) is 5.78 Å². The van der Waals surface area contributed by atoms with Gasteiger partial charge in [0, 0.05) is 12.3 Å². The van der Waals surface area contributed by atoms with E-state index in [4.69, 9.17) is 0 Å². The largest absolute Gasteiger partial charge is 0.392 e. The molecule has 3 heteroatoms. The molecule has 3 nitrogen and oxygen atoms in total. The van der Waals surface area contributed by atoms with Crippen molar-refractivity contribution in [2.24, 2.45) is 35.0 Å². The van der Waals surface area contributed by atoms with Crippen LogP contribution in [0.25, 0.3) is 0 Å². The quantitative estimate of drug-likeness (QED) is 0.732. The standard InChI is InChI=1S/C19H26O3/c1-10-6-15-12-4-5-14-16(18(14,2)3)13(12)7-11(9-20)8-19(15,22)17(10)21/h6-7,12-16,20,22H,4-5,8-9H2,1-3H3/t12?,13-,14-,15?,16+,19-/m1/s1. The van der Waals surface area contributed by atoms with Crippen molar-refractivity contribution in [3.8, 4) is 0 Å². The number of rotatable bonds is 1. The maximum Gasteiger partial charge on any atom is 0.190 e. The summed E-state index contributed by atoms with van der Waals surface area (Å²) < 4.78 is 0. The van der Waals surface area contributed by atoms with Crippen LogP contribution in [0.3, 0.4) is 0 Å². The van der Waals surface area contributed by atoms with Crippen molar-refractivity contribution >= 4 is 5.78 Å². The van der Waals surface area contributed by atoms with Crippen LogP contribution in [0, 0.1) is 35.0 Å². The second-order valence-corrected chi connectivity index (χ2v) is 8.56. The van der Waals surface area contributed by atoms with Crippen LogP contribution in [0.5, 0.6) is 0 Å². The van der Waals surface area contributed by atoms with Gasteiger partial charge in [0.25, 0.3) is 0 Å². The van der Waals surface area contributed by atoms with E-state index in [2.05, 4.69) is 19.9 Å². The molecule has 0 aromatic heterocycles. The van der Waals surface area contributed by atoms with E-state index in [1.54, 1.807) is 0 Å². The number of fused-ring (bicyclic) bond motifs is 5. The molecule has 0 aromatic rings. The lowest BCUT2D eigenvalue weighted by atomic mass is 9.68. The van der Waals surface area contributed by atoms with Crippen molar-refractivity contribution in [2.45, 2.75) is 45.6 Å². The molecule has 0 amide bonds. The summed E-state index contributed by atoms with van der Waals surface area (Å²) in [5.74, 6) is 1.92. The summed E-state index contributed by atoms with van der Waals surface area (Å²) in [5.41, 5.74) is 0.590. The lowest BCUT2D eigenvalue weighted by Crippen LogP contribution is -2.45. The first-order chi connectivity index (χ1) is 10.3. The van der Waals surface area contributed by atoms with Gasteiger partial charge in [0.05, 0.1) is 6.61 Å². The van der Waals surface area contributed by atoms with Gasteiger partial charge in [-0.2, -0.15) is 0 Å². The van der Waals surface area contributed by atoms with Gasteiger partial charge in [-0.3, -0.25) is 4.79 Å². The highest BCUT2D eigenvalue weighted by molar-refractivity contribution is 6.04. The van der Waals surface area contributed by atoms with Gasteiger partial charge in [-0.25, -0.2) is 0 Å². The molecular formula is C19H26O3. The number of allylic oxidation sites excluding steroid dienone is 1. The van der Waals surface area contributed by atoms with Crippen molar-refractivity contribution in [3.05, 3.63) is 23.3 Å². The Morgan fingerprint density at radius 1 is 1.27 bits per heavy atom. The minimum atomic E-state index is -1.32. The third-order valence-electron chi connectivity index (χ3n) is 7.18. The summed E-state index contributed by atoms with van der Waals surface area (Å²) in [6, 6.07) is 0. The van der Waals surface area contributed by atoms with Crippen LogP contribution >= 0.6 is 0 Å². The lowest BCUT2D eigenvalue weighted by Gasteiger charge is -2.37. The van der Waals surface area contributed by atoms with Crippen molar-refractivity contribution in [1.82, 2.24) is 0 Å². The van der Waals surface area contributed by atoms with E-state index in [0.717, 1.165) is 17.9 Å². The van der Waals surface area contributed by atoms with Gasteiger partial charge in [0.2, 0.25) is 0 Å². The molecule has 2 unspecified atom stereocenters. The molecule has 2 saturated carbocycles. The second-order valence-electron chi connectivity index (χ2n) is 8.56. The Balaban J connectivity index is 1.79. The van der Waals surface area contributed by atoms with Crippen molar-refractivity contribution < 1.29 is 15.0 Å². The van der Waals surface area contributed by atoms with Gasteiger partial charge in [-0.1, -0.05) is 26.0 Å². The average molecular weight is 302 g/mol. The highest BCUT2D eigenvalue weighted by atomic mass is 16.3. The Morgan fingerprint density at radius 2 is 2.00 bits per heavy atom. The zero-order valence-electron chi connectivity index (χ0n) is 13.7. The lowest BCUT2D eigenvalue weighted by molar-refractivity contribution is -0.137. The van der Waals surface area contributed by atoms with Gasteiger partial charge < -0.3 is 10.2 Å². The third kappa shape index (κ3) is 1.67. The smallest absolute Gasteiger partial charge is 0.190 e. The zero-order valence-corrected chi connectivity index (χ0v) is 13.7. The molecule has 22 heavy (non-hydrogen) atoms. The van der Waals surface area contributed by atoms with E-state index < -0.39 is 5.60 Å². The fourth-order valence-corrected chi connectivity index (χ4v) is 6.02. The predicted octanol–water partition coefficient (Wildman–Crippen LogP) is 2.48. The predicted molar refractivity (Wildman–Crippen MR) is 84.0 cm³/mol. The summed E-state index contributed by atoms with van der Waals surface area (Å²) >= 11 is 0. The number of aliphatic hydroxyl groups excluding tert-OH is 1. The summed E-state index contributed by atoms with van der Waals surface area (Å²) in [6.07, 6.45) is 6.81. The van der Waals surface area contributed by atoms with Crippen LogP contribution in [-0.2, 0) is 4.79 Å². The van der Waals surface area contributed by atoms with E-state index in [1.807, 2.05) is 13.0 Å². The molecule has 0 heterocycles. The number of Topliss-reactive ketones (excluding diaryl/α,β-unsaturated/α-hetero) is 1. The zero-order chi connectivity index (χ0) is 15.9. The Kier molecular flexibility index (Phi) is 2.88. The van der Waals surface area contributed by atoms with Crippen molar-refractivity contribution in [1.29, 1.82) is 0 Å². The Bertz CT molecular complexity index is 600. The Hall–Kier alpha value is -0.930. The van der Waals surface area contributed by atoms with Gasteiger partial charge in [0.1, 0.15) is 5.60 Å². The first-order valence-corrected chi connectivity index (χ1v) is 8.56. The molecule has 0 aromatic carbocycles. The van der Waals surface area contributed by atoms with E-state index >= 15 is 0 Å². The van der Waals surface area contributed by atoms with Gasteiger partial charge >= 0.3 is 0 Å². The minimum Gasteiger partial charge on any atom is -0.392 e. The third-order valence-corrected chi connectivity index (χ3v) is 7.18. The molecule has 0 saturated heterocycles. The Labute approximate surface area is 132 Å². The molecule has 4 aliphatic carbocycles.